The number of rotatable bonds is 5. The normalized spacial score (nSPS) is 12.5. The van der Waals surface area contributed by atoms with E-state index >= 15 is 0 Å². The van der Waals surface area contributed by atoms with E-state index < -0.39 is 0 Å². The van der Waals surface area contributed by atoms with Crippen molar-refractivity contribution < 1.29 is 0 Å². The van der Waals surface area contributed by atoms with Crippen molar-refractivity contribution >= 4 is 92.3 Å². The molecule has 5 heterocycles. The Morgan fingerprint density at radius 2 is 1.31 bits per heavy atom. The summed E-state index contributed by atoms with van der Waals surface area (Å²) in [5, 5.41) is 8.37. The highest BCUT2D eigenvalue weighted by Crippen LogP contribution is 2.47. The zero-order valence-electron chi connectivity index (χ0n) is 28.3. The van der Waals surface area contributed by atoms with Crippen LogP contribution in [0.5, 0.6) is 0 Å². The van der Waals surface area contributed by atoms with Gasteiger partial charge in [-0.25, -0.2) is 9.97 Å². The van der Waals surface area contributed by atoms with Gasteiger partial charge in [-0.2, -0.15) is 0 Å². The maximum atomic E-state index is 5.50. The van der Waals surface area contributed by atoms with Crippen LogP contribution >= 0.6 is 11.3 Å². The molecule has 11 aromatic rings. The number of nitrogens with zero attached hydrogens (tertiary/aromatic N) is 4. The summed E-state index contributed by atoms with van der Waals surface area (Å²) in [6.45, 7) is 6.49. The highest BCUT2D eigenvalue weighted by Gasteiger charge is 2.27. The quantitative estimate of drug-likeness (QED) is 0.169. The van der Waals surface area contributed by atoms with E-state index in [9.17, 15) is 0 Å². The van der Waals surface area contributed by atoms with E-state index in [0.29, 0.717) is 0 Å². The minimum atomic E-state index is 0.725. The van der Waals surface area contributed by atoms with Crippen molar-refractivity contribution in [2.75, 3.05) is 0 Å². The van der Waals surface area contributed by atoms with E-state index in [-0.39, 0.29) is 0 Å². The van der Waals surface area contributed by atoms with Gasteiger partial charge in [-0.1, -0.05) is 128 Å². The number of para-hydroxylation sites is 2. The van der Waals surface area contributed by atoms with Crippen molar-refractivity contribution in [2.24, 2.45) is 0 Å². The summed E-state index contributed by atoms with van der Waals surface area (Å²) in [5.74, 6) is 1.63. The Labute approximate surface area is 303 Å². The van der Waals surface area contributed by atoms with Crippen molar-refractivity contribution in [1.29, 1.82) is 0 Å². The lowest BCUT2D eigenvalue weighted by Gasteiger charge is -2.12. The van der Waals surface area contributed by atoms with E-state index in [0.717, 1.165) is 49.6 Å². The second-order valence-electron chi connectivity index (χ2n) is 13.4. The Balaban J connectivity index is 1.35. The molecule has 5 heteroatoms. The van der Waals surface area contributed by atoms with Crippen LogP contribution < -0.4 is 0 Å². The summed E-state index contributed by atoms with van der Waals surface area (Å²) in [6.07, 6.45) is 4.27. The number of aromatic nitrogens is 4. The van der Waals surface area contributed by atoms with Gasteiger partial charge in [-0.05, 0) is 54.0 Å². The van der Waals surface area contributed by atoms with Crippen LogP contribution in [0, 0.1) is 6.92 Å². The molecule has 52 heavy (non-hydrogen) atoms. The Morgan fingerprint density at radius 1 is 0.635 bits per heavy atom. The number of hydrogen-bond donors (Lipinski definition) is 0. The Kier molecular flexibility index (Phi) is 6.16. The van der Waals surface area contributed by atoms with Gasteiger partial charge in [0.2, 0.25) is 0 Å². The van der Waals surface area contributed by atoms with Crippen molar-refractivity contribution in [2.45, 2.75) is 6.92 Å². The fourth-order valence-electron chi connectivity index (χ4n) is 8.36. The SMILES string of the molecule is C=C/C(=C\c1c(C)c2cc3c4ccccc4n(-c4nc(-c5ccccc5)nc5sc6ccccc6c45)c3c3c4ccccc4n1c23)c1ccccc1. The minimum absolute atomic E-state index is 0.725. The van der Waals surface area contributed by atoms with Crippen LogP contribution in [0.4, 0.5) is 0 Å². The molecule has 0 aliphatic rings. The molecule has 0 amide bonds. The first-order valence-electron chi connectivity index (χ1n) is 17.5. The van der Waals surface area contributed by atoms with E-state index in [4.69, 9.17) is 9.97 Å². The first-order chi connectivity index (χ1) is 25.7. The summed E-state index contributed by atoms with van der Waals surface area (Å²) in [5.41, 5.74) is 10.4. The average Bonchev–Trinajstić information content (AvgIpc) is 3.92. The number of hydrogen-bond acceptors (Lipinski definition) is 3. The maximum Gasteiger partial charge on any atom is 0.163 e. The third kappa shape index (κ3) is 3.97. The highest BCUT2D eigenvalue weighted by molar-refractivity contribution is 7.25. The van der Waals surface area contributed by atoms with E-state index in [1.54, 1.807) is 11.3 Å². The van der Waals surface area contributed by atoms with Gasteiger partial charge in [0.15, 0.2) is 11.6 Å². The second kappa shape index (κ2) is 11.0. The largest absolute Gasteiger partial charge is 0.308 e. The fourth-order valence-corrected chi connectivity index (χ4v) is 9.43. The number of allylic oxidation sites excluding steroid dienone is 2. The molecule has 6 aromatic carbocycles. The lowest BCUT2D eigenvalue weighted by atomic mass is 10.0. The molecule has 0 saturated carbocycles. The zero-order valence-corrected chi connectivity index (χ0v) is 29.2. The molecule has 5 aromatic heterocycles. The van der Waals surface area contributed by atoms with Crippen molar-refractivity contribution in [3.8, 4) is 17.2 Å². The van der Waals surface area contributed by atoms with Crippen LogP contribution in [0.2, 0.25) is 0 Å². The van der Waals surface area contributed by atoms with Gasteiger partial charge in [0.05, 0.1) is 33.1 Å². The predicted molar refractivity (Wildman–Crippen MR) is 221 cm³/mol. The third-order valence-corrected chi connectivity index (χ3v) is 11.7. The summed E-state index contributed by atoms with van der Waals surface area (Å²) in [4.78, 5) is 11.7. The second-order valence-corrected chi connectivity index (χ2v) is 14.5. The van der Waals surface area contributed by atoms with Crippen LogP contribution in [0.15, 0.2) is 152 Å². The van der Waals surface area contributed by atoms with Gasteiger partial charge >= 0.3 is 0 Å². The Morgan fingerprint density at radius 3 is 2.10 bits per heavy atom. The topological polar surface area (TPSA) is 35.1 Å². The molecule has 0 N–H and O–H groups in total. The molecule has 4 nitrogen and oxygen atoms in total. The fraction of sp³-hybridized carbons (Fsp3) is 0.0213. The number of thiophene rings is 1. The Bertz CT molecular complexity index is 3250. The molecule has 244 valence electrons. The first kappa shape index (κ1) is 29.2. The summed E-state index contributed by atoms with van der Waals surface area (Å²) >= 11 is 1.73. The molecule has 0 aliphatic carbocycles. The van der Waals surface area contributed by atoms with Crippen molar-refractivity contribution in [3.63, 3.8) is 0 Å². The molecule has 0 radical (unpaired) electrons. The number of aryl methyl sites for hydroxylation is 1. The van der Waals surface area contributed by atoms with Gasteiger partial charge < -0.3 is 4.40 Å². The Hall–Kier alpha value is -6.56. The molecular formula is C47H30N4S. The summed E-state index contributed by atoms with van der Waals surface area (Å²) in [6, 6.07) is 49.5. The van der Waals surface area contributed by atoms with Crippen LogP contribution in [0.1, 0.15) is 16.8 Å². The molecular weight excluding hydrogens is 653 g/mol. The lowest BCUT2D eigenvalue weighted by Crippen LogP contribution is -2.02. The van der Waals surface area contributed by atoms with E-state index in [1.165, 1.54) is 59.3 Å². The highest BCUT2D eigenvalue weighted by atomic mass is 32.1. The van der Waals surface area contributed by atoms with Crippen molar-refractivity contribution in [3.05, 3.63) is 169 Å². The summed E-state index contributed by atoms with van der Waals surface area (Å²) < 4.78 is 6.10. The molecule has 0 fully saturated rings. The van der Waals surface area contributed by atoms with Crippen LogP contribution in [0.25, 0.3) is 98.2 Å². The number of fused-ring (bicyclic) bond motifs is 10. The van der Waals surface area contributed by atoms with Crippen LogP contribution in [-0.4, -0.2) is 18.9 Å². The molecule has 0 spiro atoms. The van der Waals surface area contributed by atoms with E-state index in [2.05, 4.69) is 162 Å². The third-order valence-electron chi connectivity index (χ3n) is 10.7. The van der Waals surface area contributed by atoms with Gasteiger partial charge in [-0.3, -0.25) is 4.57 Å². The zero-order chi connectivity index (χ0) is 34.5. The van der Waals surface area contributed by atoms with Crippen LogP contribution in [0.3, 0.4) is 0 Å². The van der Waals surface area contributed by atoms with Gasteiger partial charge in [0, 0.05) is 42.6 Å². The molecule has 0 saturated heterocycles. The monoisotopic (exact) mass is 682 g/mol. The predicted octanol–water partition coefficient (Wildman–Crippen LogP) is 12.6. The average molecular weight is 683 g/mol. The molecule has 0 aliphatic heterocycles. The molecule has 0 bridgehead atoms. The first-order valence-corrected chi connectivity index (χ1v) is 18.4. The van der Waals surface area contributed by atoms with Gasteiger partial charge in [0.1, 0.15) is 4.83 Å². The summed E-state index contributed by atoms with van der Waals surface area (Å²) in [7, 11) is 0. The van der Waals surface area contributed by atoms with Crippen molar-refractivity contribution in [1.82, 2.24) is 18.9 Å². The lowest BCUT2D eigenvalue weighted by molar-refractivity contribution is 1.08. The minimum Gasteiger partial charge on any atom is -0.308 e. The van der Waals surface area contributed by atoms with Gasteiger partial charge in [0.25, 0.3) is 0 Å². The smallest absolute Gasteiger partial charge is 0.163 e. The van der Waals surface area contributed by atoms with Gasteiger partial charge in [-0.15, -0.1) is 11.3 Å². The molecule has 0 unspecified atom stereocenters. The standard InChI is InChI=1S/C47H30N4S/c1-3-29(30-16-6-4-7-17-30)26-39-28(2)35-27-36-32-20-10-13-23-37(32)51(44(36)41-33-21-11-14-24-38(33)50(39)43(35)41)46-42-34-22-12-15-25-40(34)52-47(42)49-45(48-46)31-18-8-5-9-19-31/h3-27H,1H2,2H3/b29-26+. The molecule has 11 rings (SSSR count). The van der Waals surface area contributed by atoms with E-state index in [1.807, 2.05) is 12.1 Å². The number of benzene rings is 6. The molecule has 0 atom stereocenters. The van der Waals surface area contributed by atoms with Crippen LogP contribution in [-0.2, 0) is 0 Å². The maximum absolute atomic E-state index is 5.50.